The molecule has 3 aromatic rings. The summed E-state index contributed by atoms with van der Waals surface area (Å²) in [7, 11) is 0. The molecule has 5 rings (SSSR count). The first kappa shape index (κ1) is 19.4. The van der Waals surface area contributed by atoms with Crippen LogP contribution in [0.5, 0.6) is 0 Å². The summed E-state index contributed by atoms with van der Waals surface area (Å²) in [4.78, 5) is 30.4. The van der Waals surface area contributed by atoms with Crippen LogP contribution < -0.4 is 10.2 Å². The van der Waals surface area contributed by atoms with Crippen molar-refractivity contribution in [1.82, 2.24) is 19.9 Å². The van der Waals surface area contributed by atoms with Crippen LogP contribution in [0.2, 0.25) is 0 Å². The van der Waals surface area contributed by atoms with Crippen LogP contribution in [0.3, 0.4) is 0 Å². The molecule has 3 heterocycles. The number of alkyl halides is 1. The number of hydrogen-bond donors (Lipinski definition) is 2. The summed E-state index contributed by atoms with van der Waals surface area (Å²) in [6.07, 6.45) is 2.76. The van der Waals surface area contributed by atoms with Crippen molar-refractivity contribution < 1.29 is 23.5 Å². The molecule has 8 nitrogen and oxygen atoms in total. The lowest BCUT2D eigenvalue weighted by Crippen LogP contribution is -2.43. The maximum Gasteiger partial charge on any atom is 0.329 e. The SMILES string of the molecule is O=C(NC1(C(=O)O)CC1)c1cnn2ccc(N3C[C@@H](F)C[C@@H]3c3cccc(F)c3)nc12. The molecule has 0 bridgehead atoms. The molecule has 1 aromatic carbocycles. The van der Waals surface area contributed by atoms with Crippen LogP contribution in [-0.4, -0.2) is 49.8 Å². The maximum absolute atomic E-state index is 14.3. The van der Waals surface area contributed by atoms with E-state index in [4.69, 9.17) is 0 Å². The second-order valence-corrected chi connectivity index (χ2v) is 8.01. The zero-order valence-electron chi connectivity index (χ0n) is 16.3. The van der Waals surface area contributed by atoms with Crippen molar-refractivity contribution in [3.05, 3.63) is 59.7 Å². The summed E-state index contributed by atoms with van der Waals surface area (Å²) >= 11 is 0. The van der Waals surface area contributed by atoms with Crippen molar-refractivity contribution in [3.63, 3.8) is 0 Å². The van der Waals surface area contributed by atoms with Crippen molar-refractivity contribution in [2.75, 3.05) is 11.4 Å². The van der Waals surface area contributed by atoms with Crippen molar-refractivity contribution >= 4 is 23.3 Å². The van der Waals surface area contributed by atoms with Gasteiger partial charge in [-0.05, 0) is 36.6 Å². The molecule has 2 aromatic heterocycles. The molecular formula is C21H19F2N5O3. The first-order valence-corrected chi connectivity index (χ1v) is 9.93. The third-order valence-corrected chi connectivity index (χ3v) is 5.89. The number of nitrogens with zero attached hydrogens (tertiary/aromatic N) is 4. The smallest absolute Gasteiger partial charge is 0.329 e. The van der Waals surface area contributed by atoms with Crippen LogP contribution in [0.4, 0.5) is 14.6 Å². The lowest BCUT2D eigenvalue weighted by molar-refractivity contribution is -0.140. The van der Waals surface area contributed by atoms with E-state index in [2.05, 4.69) is 15.4 Å². The minimum absolute atomic E-state index is 0.0855. The molecule has 0 unspecified atom stereocenters. The first-order valence-electron chi connectivity index (χ1n) is 9.93. The summed E-state index contributed by atoms with van der Waals surface area (Å²) in [6, 6.07) is 7.30. The fraction of sp³-hybridized carbons (Fsp3) is 0.333. The van der Waals surface area contributed by atoms with Crippen molar-refractivity contribution in [1.29, 1.82) is 0 Å². The number of aliphatic carboxylic acids is 1. The molecule has 1 aliphatic carbocycles. The standard InChI is InChI=1S/C21H19F2N5O3/c22-13-3-1-2-12(8-13)16-9-14(23)11-27(16)17-4-7-28-18(25-17)15(10-24-28)19(29)26-21(5-6-21)20(30)31/h1-4,7-8,10,14,16H,5-6,9,11H2,(H,26,29)(H,30,31)/t14-,16+/m0/s1. The van der Waals surface area contributed by atoms with Gasteiger partial charge in [-0.1, -0.05) is 12.1 Å². The minimum Gasteiger partial charge on any atom is -0.480 e. The van der Waals surface area contributed by atoms with E-state index in [1.807, 2.05) is 0 Å². The predicted octanol–water partition coefficient (Wildman–Crippen LogP) is 2.50. The molecule has 2 N–H and O–H groups in total. The number of nitrogens with one attached hydrogen (secondary N) is 1. The number of fused-ring (bicyclic) bond motifs is 1. The first-order chi connectivity index (χ1) is 14.9. The molecule has 160 valence electrons. The molecule has 1 saturated heterocycles. The zero-order chi connectivity index (χ0) is 21.8. The number of halogens is 2. The highest BCUT2D eigenvalue weighted by Gasteiger charge is 2.52. The van der Waals surface area contributed by atoms with Gasteiger partial charge in [0.15, 0.2) is 5.65 Å². The highest BCUT2D eigenvalue weighted by molar-refractivity contribution is 6.03. The van der Waals surface area contributed by atoms with Crippen molar-refractivity contribution in [2.24, 2.45) is 0 Å². The second kappa shape index (κ2) is 7.00. The Morgan fingerprint density at radius 3 is 2.77 bits per heavy atom. The maximum atomic E-state index is 14.3. The molecule has 1 saturated carbocycles. The number of amides is 1. The molecule has 2 atom stereocenters. The summed E-state index contributed by atoms with van der Waals surface area (Å²) in [5.41, 5.74) is -0.225. The normalized spacial score (nSPS) is 21.9. The Morgan fingerprint density at radius 2 is 2.06 bits per heavy atom. The van der Waals surface area contributed by atoms with E-state index in [-0.39, 0.29) is 24.2 Å². The number of benzene rings is 1. The van der Waals surface area contributed by atoms with Crippen LogP contribution in [-0.2, 0) is 4.79 Å². The number of aromatic nitrogens is 3. The molecule has 1 aliphatic heterocycles. The van der Waals surface area contributed by atoms with Crippen LogP contribution in [0.25, 0.3) is 5.65 Å². The Hall–Kier alpha value is -3.56. The number of carboxylic acid groups (broad SMARTS) is 1. The Bertz CT molecular complexity index is 1190. The number of carbonyl (C=O) groups is 2. The second-order valence-electron chi connectivity index (χ2n) is 8.01. The highest BCUT2D eigenvalue weighted by Crippen LogP contribution is 2.38. The van der Waals surface area contributed by atoms with Crippen molar-refractivity contribution in [3.8, 4) is 0 Å². The van der Waals surface area contributed by atoms with Gasteiger partial charge in [0.1, 0.15) is 28.9 Å². The summed E-state index contributed by atoms with van der Waals surface area (Å²) in [6.45, 7) is 0.0855. The third-order valence-electron chi connectivity index (χ3n) is 5.89. The summed E-state index contributed by atoms with van der Waals surface area (Å²) in [5.74, 6) is -1.62. The number of hydrogen-bond acceptors (Lipinski definition) is 5. The summed E-state index contributed by atoms with van der Waals surface area (Å²) < 4.78 is 29.5. The average Bonchev–Trinajstić information content (AvgIpc) is 3.23. The van der Waals surface area contributed by atoms with Crippen LogP contribution in [0, 0.1) is 5.82 Å². The Balaban J connectivity index is 1.48. The number of rotatable bonds is 5. The Labute approximate surface area is 175 Å². The lowest BCUT2D eigenvalue weighted by atomic mass is 10.0. The van der Waals surface area contributed by atoms with E-state index < -0.39 is 35.4 Å². The van der Waals surface area contributed by atoms with E-state index in [9.17, 15) is 23.5 Å². The quantitative estimate of drug-likeness (QED) is 0.649. The van der Waals surface area contributed by atoms with E-state index in [1.54, 1.807) is 29.3 Å². The van der Waals surface area contributed by atoms with Gasteiger partial charge in [-0.2, -0.15) is 5.10 Å². The number of anilines is 1. The van der Waals surface area contributed by atoms with E-state index >= 15 is 0 Å². The van der Waals surface area contributed by atoms with Gasteiger partial charge < -0.3 is 15.3 Å². The molecule has 2 aliphatic rings. The Kier molecular flexibility index (Phi) is 4.38. The largest absolute Gasteiger partial charge is 0.480 e. The van der Waals surface area contributed by atoms with Crippen LogP contribution >= 0.6 is 0 Å². The Morgan fingerprint density at radius 1 is 1.26 bits per heavy atom. The van der Waals surface area contributed by atoms with Gasteiger partial charge in [-0.25, -0.2) is 23.1 Å². The molecular weight excluding hydrogens is 408 g/mol. The molecule has 2 fully saturated rings. The van der Waals surface area contributed by atoms with Crippen LogP contribution in [0.1, 0.15) is 41.2 Å². The molecule has 31 heavy (non-hydrogen) atoms. The average molecular weight is 427 g/mol. The van der Waals surface area contributed by atoms with E-state index in [0.717, 1.165) is 0 Å². The van der Waals surface area contributed by atoms with Gasteiger partial charge in [-0.3, -0.25) is 4.79 Å². The monoisotopic (exact) mass is 427 g/mol. The highest BCUT2D eigenvalue weighted by atomic mass is 19.1. The number of carboxylic acids is 1. The molecule has 1 amide bonds. The van der Waals surface area contributed by atoms with Gasteiger partial charge in [-0.15, -0.1) is 0 Å². The van der Waals surface area contributed by atoms with Gasteiger partial charge in [0, 0.05) is 12.6 Å². The topological polar surface area (TPSA) is 99.8 Å². The number of carbonyl (C=O) groups excluding carboxylic acids is 1. The fourth-order valence-electron chi connectivity index (χ4n) is 4.05. The van der Waals surface area contributed by atoms with Gasteiger partial charge in [0.2, 0.25) is 0 Å². The van der Waals surface area contributed by atoms with Gasteiger partial charge >= 0.3 is 5.97 Å². The van der Waals surface area contributed by atoms with E-state index in [0.29, 0.717) is 24.2 Å². The zero-order valence-corrected chi connectivity index (χ0v) is 16.3. The fourth-order valence-corrected chi connectivity index (χ4v) is 4.05. The van der Waals surface area contributed by atoms with Gasteiger partial charge in [0.25, 0.3) is 5.91 Å². The molecule has 0 radical (unpaired) electrons. The molecule has 10 heteroatoms. The third kappa shape index (κ3) is 3.37. The van der Waals surface area contributed by atoms with Crippen LogP contribution in [0.15, 0.2) is 42.7 Å². The summed E-state index contributed by atoms with van der Waals surface area (Å²) in [5, 5.41) is 16.0. The van der Waals surface area contributed by atoms with Gasteiger partial charge in [0.05, 0.1) is 18.8 Å². The molecule has 0 spiro atoms. The predicted molar refractivity (Wildman–Crippen MR) is 106 cm³/mol. The van der Waals surface area contributed by atoms with E-state index in [1.165, 1.54) is 22.8 Å². The van der Waals surface area contributed by atoms with Crippen molar-refractivity contribution in [2.45, 2.75) is 37.0 Å². The minimum atomic E-state index is -1.23. The lowest BCUT2D eigenvalue weighted by Gasteiger charge is -2.25.